The predicted octanol–water partition coefficient (Wildman–Crippen LogP) is 2.90. The number of carbonyl (C=O) groups excluding carboxylic acids is 2. The van der Waals surface area contributed by atoms with E-state index >= 15 is 0 Å². The summed E-state index contributed by atoms with van der Waals surface area (Å²) in [7, 11) is 0. The molecule has 1 fully saturated rings. The Morgan fingerprint density at radius 2 is 2.17 bits per heavy atom. The van der Waals surface area contributed by atoms with Gasteiger partial charge >= 0.3 is 0 Å². The minimum Gasteiger partial charge on any atom is -0.334 e. The number of rotatable bonds is 5. The monoisotopic (exact) mass is 344 g/mol. The molecule has 2 N–H and O–H groups in total. The van der Waals surface area contributed by atoms with Gasteiger partial charge in [0.15, 0.2) is 0 Å². The van der Waals surface area contributed by atoms with E-state index in [-0.39, 0.29) is 11.1 Å². The third kappa shape index (κ3) is 3.46. The fourth-order valence-electron chi connectivity index (χ4n) is 2.61. The molecule has 24 heavy (non-hydrogen) atoms. The molecule has 7 heteroatoms. The molecule has 1 aliphatic heterocycles. The number of amides is 2. The van der Waals surface area contributed by atoms with Crippen LogP contribution in [0.5, 0.6) is 0 Å². The van der Waals surface area contributed by atoms with E-state index < -0.39 is 6.04 Å². The van der Waals surface area contributed by atoms with Gasteiger partial charge in [0.1, 0.15) is 6.04 Å². The lowest BCUT2D eigenvalue weighted by atomic mass is 10.2. The van der Waals surface area contributed by atoms with E-state index in [9.17, 15) is 9.59 Å². The first-order valence-corrected chi connectivity index (χ1v) is 8.95. The van der Waals surface area contributed by atoms with Crippen LogP contribution in [0.25, 0.3) is 5.69 Å². The molecule has 0 unspecified atom stereocenters. The summed E-state index contributed by atoms with van der Waals surface area (Å²) in [6.07, 6.45) is 3.42. The quantitative estimate of drug-likeness (QED) is 0.874. The van der Waals surface area contributed by atoms with Crippen molar-refractivity contribution < 1.29 is 9.59 Å². The number of thioether (sulfide) groups is 1. The number of nitrogens with zero attached hydrogens (tertiary/aromatic N) is 2. The van der Waals surface area contributed by atoms with Crippen LogP contribution < -0.4 is 10.6 Å². The number of aromatic nitrogens is 2. The van der Waals surface area contributed by atoms with Crippen molar-refractivity contribution in [1.82, 2.24) is 15.1 Å². The van der Waals surface area contributed by atoms with Gasteiger partial charge in [0, 0.05) is 5.75 Å². The largest absolute Gasteiger partial charge is 0.334 e. The Bertz CT molecular complexity index is 754. The van der Waals surface area contributed by atoms with Gasteiger partial charge in [-0.15, -0.1) is 0 Å². The number of anilines is 1. The zero-order chi connectivity index (χ0) is 17.1. The maximum atomic E-state index is 12.3. The standard InChI is InChI=1S/C17H20N4O2S/c1-3-4-15-13(19-16(22)14-10-24-17(23)20-14)9-18-21(15)12-7-5-11(2)6-8-12/h5-9,14H,3-4,10H2,1-2H3,(H,19,22)(H,20,23)/t14-/m1/s1. The number of aryl methyl sites for hydroxylation is 1. The molecule has 2 heterocycles. The van der Waals surface area contributed by atoms with Gasteiger partial charge in [0.25, 0.3) is 5.24 Å². The third-order valence-electron chi connectivity index (χ3n) is 3.88. The predicted molar refractivity (Wildman–Crippen MR) is 95.7 cm³/mol. The van der Waals surface area contributed by atoms with Crippen LogP contribution in [-0.2, 0) is 11.2 Å². The van der Waals surface area contributed by atoms with Crippen LogP contribution in [0.1, 0.15) is 24.6 Å². The van der Waals surface area contributed by atoms with Crippen LogP contribution in [0.3, 0.4) is 0 Å². The minimum atomic E-state index is -0.486. The minimum absolute atomic E-state index is 0.153. The lowest BCUT2D eigenvalue weighted by Crippen LogP contribution is -2.38. The van der Waals surface area contributed by atoms with E-state index in [0.29, 0.717) is 11.4 Å². The van der Waals surface area contributed by atoms with Crippen molar-refractivity contribution in [3.8, 4) is 5.69 Å². The molecule has 1 aromatic carbocycles. The fraction of sp³-hybridized carbons (Fsp3) is 0.353. The summed E-state index contributed by atoms with van der Waals surface area (Å²) in [4.78, 5) is 23.6. The lowest BCUT2D eigenvalue weighted by Gasteiger charge is -2.12. The molecule has 0 aliphatic carbocycles. The number of nitrogens with one attached hydrogen (secondary N) is 2. The summed E-state index contributed by atoms with van der Waals surface area (Å²) >= 11 is 1.13. The number of hydrogen-bond acceptors (Lipinski definition) is 4. The van der Waals surface area contributed by atoms with Crippen molar-refractivity contribution in [3.63, 3.8) is 0 Å². The highest BCUT2D eigenvalue weighted by atomic mass is 32.2. The van der Waals surface area contributed by atoms with E-state index in [2.05, 4.69) is 22.7 Å². The molecule has 126 valence electrons. The highest BCUT2D eigenvalue weighted by Crippen LogP contribution is 2.22. The van der Waals surface area contributed by atoms with Crippen molar-refractivity contribution in [2.75, 3.05) is 11.1 Å². The van der Waals surface area contributed by atoms with Crippen LogP contribution in [0, 0.1) is 6.92 Å². The van der Waals surface area contributed by atoms with Crippen LogP contribution in [-0.4, -0.2) is 32.7 Å². The molecule has 0 spiro atoms. The van der Waals surface area contributed by atoms with Gasteiger partial charge in [-0.25, -0.2) is 4.68 Å². The molecule has 1 atom stereocenters. The van der Waals surface area contributed by atoms with Gasteiger partial charge in [-0.1, -0.05) is 42.8 Å². The van der Waals surface area contributed by atoms with Crippen molar-refractivity contribution in [1.29, 1.82) is 0 Å². The van der Waals surface area contributed by atoms with E-state index in [0.717, 1.165) is 36.0 Å². The maximum Gasteiger partial charge on any atom is 0.279 e. The highest BCUT2D eigenvalue weighted by Gasteiger charge is 2.28. The summed E-state index contributed by atoms with van der Waals surface area (Å²) in [6.45, 7) is 4.13. The summed E-state index contributed by atoms with van der Waals surface area (Å²) < 4.78 is 1.86. The van der Waals surface area contributed by atoms with E-state index in [1.165, 1.54) is 5.56 Å². The smallest absolute Gasteiger partial charge is 0.279 e. The number of benzene rings is 1. The molecule has 0 saturated carbocycles. The Morgan fingerprint density at radius 3 is 2.79 bits per heavy atom. The molecule has 1 saturated heterocycles. The van der Waals surface area contributed by atoms with Gasteiger partial charge in [-0.2, -0.15) is 5.10 Å². The fourth-order valence-corrected chi connectivity index (χ4v) is 3.39. The second-order valence-electron chi connectivity index (χ2n) is 5.79. The zero-order valence-corrected chi connectivity index (χ0v) is 14.5. The summed E-state index contributed by atoms with van der Waals surface area (Å²) in [5.41, 5.74) is 3.82. The van der Waals surface area contributed by atoms with Crippen molar-refractivity contribution in [2.24, 2.45) is 0 Å². The number of carbonyl (C=O) groups is 2. The summed E-state index contributed by atoms with van der Waals surface area (Å²) in [6, 6.07) is 7.62. The molecule has 0 radical (unpaired) electrons. The van der Waals surface area contributed by atoms with Crippen molar-refractivity contribution in [2.45, 2.75) is 32.7 Å². The van der Waals surface area contributed by atoms with Gasteiger partial charge in [-0.05, 0) is 25.5 Å². The molecule has 6 nitrogen and oxygen atoms in total. The molecule has 3 rings (SSSR count). The van der Waals surface area contributed by atoms with E-state index in [1.54, 1.807) is 6.20 Å². The lowest BCUT2D eigenvalue weighted by molar-refractivity contribution is -0.117. The number of hydrogen-bond donors (Lipinski definition) is 2. The molecule has 2 amide bonds. The first-order chi connectivity index (χ1) is 11.6. The second kappa shape index (κ2) is 7.09. The van der Waals surface area contributed by atoms with Gasteiger partial charge < -0.3 is 10.6 Å². The zero-order valence-electron chi connectivity index (χ0n) is 13.7. The Morgan fingerprint density at radius 1 is 1.42 bits per heavy atom. The average molecular weight is 344 g/mol. The summed E-state index contributed by atoms with van der Waals surface area (Å²) in [5.74, 6) is 0.258. The molecule has 2 aromatic rings. The third-order valence-corrected chi connectivity index (χ3v) is 4.76. The van der Waals surface area contributed by atoms with Gasteiger partial charge in [-0.3, -0.25) is 9.59 Å². The second-order valence-corrected chi connectivity index (χ2v) is 6.78. The normalized spacial score (nSPS) is 16.9. The average Bonchev–Trinajstić information content (AvgIpc) is 3.16. The van der Waals surface area contributed by atoms with Gasteiger partial charge in [0.2, 0.25) is 5.91 Å². The van der Waals surface area contributed by atoms with E-state index in [1.807, 2.05) is 35.9 Å². The molecular formula is C17H20N4O2S. The van der Waals surface area contributed by atoms with Crippen molar-refractivity contribution >= 4 is 28.6 Å². The van der Waals surface area contributed by atoms with Crippen LogP contribution >= 0.6 is 11.8 Å². The molecule has 1 aromatic heterocycles. The highest BCUT2D eigenvalue weighted by molar-refractivity contribution is 8.14. The van der Waals surface area contributed by atoms with E-state index in [4.69, 9.17) is 0 Å². The SMILES string of the molecule is CCCc1c(NC(=O)[C@H]2CSC(=O)N2)cnn1-c1ccc(C)cc1. The summed E-state index contributed by atoms with van der Waals surface area (Å²) in [5, 5.41) is 9.85. The van der Waals surface area contributed by atoms with Crippen molar-refractivity contribution in [3.05, 3.63) is 41.7 Å². The Balaban J connectivity index is 1.84. The topological polar surface area (TPSA) is 76.0 Å². The maximum absolute atomic E-state index is 12.3. The first kappa shape index (κ1) is 16.6. The van der Waals surface area contributed by atoms with Crippen LogP contribution in [0.15, 0.2) is 30.5 Å². The molecule has 0 bridgehead atoms. The molecule has 1 aliphatic rings. The molecular weight excluding hydrogens is 324 g/mol. The van der Waals surface area contributed by atoms with Crippen LogP contribution in [0.2, 0.25) is 0 Å². The Kier molecular flexibility index (Phi) is 4.89. The first-order valence-electron chi connectivity index (χ1n) is 7.96. The Labute approximate surface area is 145 Å². The van der Waals surface area contributed by atoms with Crippen LogP contribution in [0.4, 0.5) is 10.5 Å². The van der Waals surface area contributed by atoms with Gasteiger partial charge in [0.05, 0.1) is 23.3 Å². The Hall–Kier alpha value is -2.28.